The van der Waals surface area contributed by atoms with E-state index in [0.717, 1.165) is 17.7 Å². The van der Waals surface area contributed by atoms with Crippen LogP contribution in [0.3, 0.4) is 0 Å². The molecule has 0 saturated carbocycles. The van der Waals surface area contributed by atoms with Crippen molar-refractivity contribution >= 4 is 11.6 Å². The number of nitriles is 1. The molecule has 1 unspecified atom stereocenters. The van der Waals surface area contributed by atoms with Crippen molar-refractivity contribution in [3.05, 3.63) is 64.6 Å². The van der Waals surface area contributed by atoms with Crippen molar-refractivity contribution in [3.63, 3.8) is 0 Å². The highest BCUT2D eigenvalue weighted by Gasteiger charge is 2.22. The number of hydrogen-bond donors (Lipinski definition) is 2. The van der Waals surface area contributed by atoms with E-state index in [4.69, 9.17) is 15.7 Å². The number of carbonyl (C=O) groups is 1. The molecule has 3 rings (SSSR count). The lowest BCUT2D eigenvalue weighted by Gasteiger charge is -2.12. The summed E-state index contributed by atoms with van der Waals surface area (Å²) < 4.78 is 34.9. The van der Waals surface area contributed by atoms with Crippen molar-refractivity contribution in [2.24, 2.45) is 5.73 Å². The van der Waals surface area contributed by atoms with E-state index >= 15 is 0 Å². The Bertz CT molecular complexity index is 1100. The van der Waals surface area contributed by atoms with Crippen LogP contribution in [0.1, 0.15) is 27.3 Å². The zero-order chi connectivity index (χ0) is 21.1. The second kappa shape index (κ2) is 8.24. The van der Waals surface area contributed by atoms with Gasteiger partial charge in [0, 0.05) is 12.7 Å². The van der Waals surface area contributed by atoms with Crippen LogP contribution in [0.25, 0.3) is 5.65 Å². The van der Waals surface area contributed by atoms with E-state index in [9.17, 15) is 13.6 Å². The van der Waals surface area contributed by atoms with Crippen LogP contribution in [-0.4, -0.2) is 27.9 Å². The number of aromatic nitrogens is 2. The molecule has 0 saturated heterocycles. The maximum absolute atomic E-state index is 13.9. The lowest BCUT2D eigenvalue weighted by molar-refractivity contribution is 0.0939. The molecule has 0 bridgehead atoms. The standard InChI is InChI=1S/C20H19F2N5O2/c1-11-6-17(29-10-14-15(21)4-3-5-16(14)22)19-25-12(2)18(27(19)9-11)20(28)26-13(7-23)8-24/h3-6,9,13H,7,10,23H2,1-2H3,(H,26,28). The fourth-order valence-electron chi connectivity index (χ4n) is 2.93. The van der Waals surface area contributed by atoms with Gasteiger partial charge in [0.05, 0.1) is 17.3 Å². The first-order valence-electron chi connectivity index (χ1n) is 8.81. The molecule has 0 spiro atoms. The molecule has 2 aromatic heterocycles. The minimum Gasteiger partial charge on any atom is -0.485 e. The lowest BCUT2D eigenvalue weighted by atomic mass is 10.2. The highest BCUT2D eigenvalue weighted by molar-refractivity contribution is 5.95. The number of fused-ring (bicyclic) bond motifs is 1. The Kier molecular flexibility index (Phi) is 5.75. The number of halogens is 2. The molecule has 7 nitrogen and oxygen atoms in total. The van der Waals surface area contributed by atoms with E-state index in [1.54, 1.807) is 26.1 Å². The Hall–Kier alpha value is -3.51. The molecule has 0 aliphatic rings. The fourth-order valence-corrected chi connectivity index (χ4v) is 2.93. The van der Waals surface area contributed by atoms with Gasteiger partial charge in [0.2, 0.25) is 0 Å². The minimum absolute atomic E-state index is 0.0282. The summed E-state index contributed by atoms with van der Waals surface area (Å²) in [6.07, 6.45) is 1.69. The van der Waals surface area contributed by atoms with Crippen LogP contribution in [0.15, 0.2) is 30.5 Å². The fraction of sp³-hybridized carbons (Fsp3) is 0.250. The second-order valence-electron chi connectivity index (χ2n) is 6.50. The lowest BCUT2D eigenvalue weighted by Crippen LogP contribution is -2.39. The molecule has 0 radical (unpaired) electrons. The van der Waals surface area contributed by atoms with Gasteiger partial charge in [-0.25, -0.2) is 13.8 Å². The number of nitrogens with zero attached hydrogens (tertiary/aromatic N) is 3. The molecule has 150 valence electrons. The van der Waals surface area contributed by atoms with Crippen LogP contribution in [0.2, 0.25) is 0 Å². The van der Waals surface area contributed by atoms with Crippen molar-refractivity contribution < 1.29 is 18.3 Å². The summed E-state index contributed by atoms with van der Waals surface area (Å²) in [5.41, 5.74) is 6.94. The first-order valence-corrected chi connectivity index (χ1v) is 8.81. The number of nitrogens with one attached hydrogen (secondary N) is 1. The molecule has 1 aromatic carbocycles. The molecule has 0 aliphatic carbocycles. The summed E-state index contributed by atoms with van der Waals surface area (Å²) in [6, 6.07) is 6.31. The molecule has 9 heteroatoms. The predicted octanol–water partition coefficient (Wildman–Crippen LogP) is 2.39. The summed E-state index contributed by atoms with van der Waals surface area (Å²) >= 11 is 0. The summed E-state index contributed by atoms with van der Waals surface area (Å²) in [7, 11) is 0. The molecule has 2 heterocycles. The minimum atomic E-state index is -0.836. The van der Waals surface area contributed by atoms with Crippen molar-refractivity contribution in [2.45, 2.75) is 26.5 Å². The third kappa shape index (κ3) is 4.02. The number of amides is 1. The molecule has 1 atom stereocenters. The topological polar surface area (TPSA) is 105 Å². The number of nitrogens with two attached hydrogens (primary N) is 1. The second-order valence-corrected chi connectivity index (χ2v) is 6.50. The summed E-state index contributed by atoms with van der Waals surface area (Å²) in [6.45, 7) is 3.06. The largest absolute Gasteiger partial charge is 0.485 e. The first-order chi connectivity index (χ1) is 13.8. The van der Waals surface area contributed by atoms with Gasteiger partial charge < -0.3 is 15.8 Å². The summed E-state index contributed by atoms with van der Waals surface area (Å²) in [5.74, 6) is -1.66. The van der Waals surface area contributed by atoms with E-state index in [1.165, 1.54) is 10.5 Å². The van der Waals surface area contributed by atoms with Crippen LogP contribution >= 0.6 is 0 Å². The number of imidazole rings is 1. The molecule has 3 aromatic rings. The Balaban J connectivity index is 1.98. The number of hydrogen-bond acceptors (Lipinski definition) is 5. The van der Waals surface area contributed by atoms with Gasteiger partial charge in [-0.05, 0) is 37.6 Å². The Morgan fingerprint density at radius 1 is 1.38 bits per heavy atom. The highest BCUT2D eigenvalue weighted by Crippen LogP contribution is 2.26. The third-order valence-corrected chi connectivity index (χ3v) is 4.34. The van der Waals surface area contributed by atoms with Crippen molar-refractivity contribution in [1.82, 2.24) is 14.7 Å². The average molecular weight is 399 g/mol. The zero-order valence-electron chi connectivity index (χ0n) is 15.9. The van der Waals surface area contributed by atoms with Gasteiger partial charge in [0.15, 0.2) is 11.4 Å². The van der Waals surface area contributed by atoms with Gasteiger partial charge in [0.25, 0.3) is 5.91 Å². The van der Waals surface area contributed by atoms with Gasteiger partial charge in [-0.2, -0.15) is 5.26 Å². The number of carbonyl (C=O) groups excluding carboxylic acids is 1. The van der Waals surface area contributed by atoms with Crippen LogP contribution in [-0.2, 0) is 6.61 Å². The number of rotatable bonds is 6. The van der Waals surface area contributed by atoms with Crippen molar-refractivity contribution in [1.29, 1.82) is 5.26 Å². The smallest absolute Gasteiger partial charge is 0.271 e. The molecule has 0 fully saturated rings. The van der Waals surface area contributed by atoms with Crippen molar-refractivity contribution in [3.8, 4) is 11.8 Å². The Morgan fingerprint density at radius 3 is 2.69 bits per heavy atom. The Labute approximate surface area is 165 Å². The van der Waals surface area contributed by atoms with Gasteiger partial charge in [-0.1, -0.05) is 6.07 Å². The maximum Gasteiger partial charge on any atom is 0.271 e. The molecular formula is C20H19F2N5O2. The molecular weight excluding hydrogens is 380 g/mol. The molecule has 3 N–H and O–H groups in total. The number of benzene rings is 1. The van der Waals surface area contributed by atoms with Crippen molar-refractivity contribution in [2.75, 3.05) is 6.54 Å². The molecule has 29 heavy (non-hydrogen) atoms. The molecule has 1 amide bonds. The monoisotopic (exact) mass is 399 g/mol. The normalized spacial score (nSPS) is 11.9. The third-order valence-electron chi connectivity index (χ3n) is 4.34. The summed E-state index contributed by atoms with van der Waals surface area (Å²) in [4.78, 5) is 17.0. The summed E-state index contributed by atoms with van der Waals surface area (Å²) in [5, 5.41) is 11.6. The van der Waals surface area contributed by atoms with Gasteiger partial charge in [-0.3, -0.25) is 9.20 Å². The zero-order valence-corrected chi connectivity index (χ0v) is 15.9. The SMILES string of the molecule is Cc1cc(OCc2c(F)cccc2F)c2nc(C)c(C(=O)NC(C#N)CN)n2c1. The first kappa shape index (κ1) is 20.2. The number of pyridine rings is 1. The molecule has 0 aliphatic heterocycles. The van der Waals surface area contributed by atoms with Crippen LogP contribution in [0, 0.1) is 36.8 Å². The van der Waals surface area contributed by atoms with Gasteiger partial charge in [-0.15, -0.1) is 0 Å². The average Bonchev–Trinajstić information content (AvgIpc) is 3.01. The highest BCUT2D eigenvalue weighted by atomic mass is 19.1. The number of ether oxygens (including phenoxy) is 1. The number of aryl methyl sites for hydroxylation is 2. The van der Waals surface area contributed by atoms with E-state index < -0.39 is 23.6 Å². The van der Waals surface area contributed by atoms with Crippen LogP contribution in [0.5, 0.6) is 5.75 Å². The van der Waals surface area contributed by atoms with E-state index in [1.807, 2.05) is 6.07 Å². The van der Waals surface area contributed by atoms with Crippen LogP contribution < -0.4 is 15.8 Å². The van der Waals surface area contributed by atoms with E-state index in [-0.39, 0.29) is 30.2 Å². The van der Waals surface area contributed by atoms with E-state index in [2.05, 4.69) is 10.3 Å². The maximum atomic E-state index is 13.9. The van der Waals surface area contributed by atoms with Gasteiger partial charge >= 0.3 is 0 Å². The van der Waals surface area contributed by atoms with Crippen LogP contribution in [0.4, 0.5) is 8.78 Å². The Morgan fingerprint density at radius 2 is 2.07 bits per heavy atom. The van der Waals surface area contributed by atoms with Gasteiger partial charge in [0.1, 0.15) is 30.0 Å². The van der Waals surface area contributed by atoms with E-state index in [0.29, 0.717) is 11.3 Å². The quantitative estimate of drug-likeness (QED) is 0.662. The predicted molar refractivity (Wildman–Crippen MR) is 101 cm³/mol.